The molecule has 6 nitrogen and oxygen atoms in total. The molecule has 1 N–H and O–H groups in total. The van der Waals surface area contributed by atoms with Crippen LogP contribution in [-0.4, -0.2) is 27.5 Å². The van der Waals surface area contributed by atoms with Crippen molar-refractivity contribution in [1.82, 2.24) is 20.4 Å². The second-order valence-corrected chi connectivity index (χ2v) is 8.68. The highest BCUT2D eigenvalue weighted by atomic mass is 32.1. The molecule has 1 amide bonds. The molecule has 1 aliphatic heterocycles. The molecule has 0 aromatic carbocycles. The van der Waals surface area contributed by atoms with Crippen molar-refractivity contribution in [3.8, 4) is 0 Å². The SMILES string of the molecule is Cc1cccnc1[C@H](C)NC(=O)c1csc2c1CCN(Cc1c(C)noc1C)C2. The van der Waals surface area contributed by atoms with E-state index in [1.807, 2.05) is 45.2 Å². The van der Waals surface area contributed by atoms with E-state index in [2.05, 4.69) is 20.4 Å². The fourth-order valence-electron chi connectivity index (χ4n) is 3.95. The number of hydrogen-bond donors (Lipinski definition) is 1. The van der Waals surface area contributed by atoms with Gasteiger partial charge in [-0.2, -0.15) is 0 Å². The van der Waals surface area contributed by atoms with Crippen LogP contribution >= 0.6 is 11.3 Å². The highest BCUT2D eigenvalue weighted by Gasteiger charge is 2.26. The van der Waals surface area contributed by atoms with Gasteiger partial charge in [0.25, 0.3) is 5.91 Å². The number of rotatable bonds is 5. The minimum Gasteiger partial charge on any atom is -0.361 e. The summed E-state index contributed by atoms with van der Waals surface area (Å²) in [7, 11) is 0. The van der Waals surface area contributed by atoms with Crippen LogP contribution in [0.5, 0.6) is 0 Å². The Morgan fingerprint density at radius 2 is 2.21 bits per heavy atom. The maximum absolute atomic E-state index is 12.9. The molecule has 3 aromatic rings. The van der Waals surface area contributed by atoms with E-state index in [1.54, 1.807) is 17.5 Å². The van der Waals surface area contributed by atoms with Gasteiger partial charge in [0, 0.05) is 41.7 Å². The van der Waals surface area contributed by atoms with Crippen molar-refractivity contribution in [2.24, 2.45) is 0 Å². The van der Waals surface area contributed by atoms with Crippen LogP contribution in [-0.2, 0) is 19.5 Å². The molecule has 1 aliphatic rings. The number of nitrogens with one attached hydrogen (secondary N) is 1. The van der Waals surface area contributed by atoms with Gasteiger partial charge < -0.3 is 9.84 Å². The summed E-state index contributed by atoms with van der Waals surface area (Å²) in [6.07, 6.45) is 2.65. The summed E-state index contributed by atoms with van der Waals surface area (Å²) in [4.78, 5) is 21.0. The van der Waals surface area contributed by atoms with E-state index in [9.17, 15) is 4.79 Å². The molecule has 7 heteroatoms. The molecule has 0 spiro atoms. The molecule has 0 aliphatic carbocycles. The smallest absolute Gasteiger partial charge is 0.252 e. The lowest BCUT2D eigenvalue weighted by Gasteiger charge is -2.27. The number of nitrogens with zero attached hydrogens (tertiary/aromatic N) is 3. The van der Waals surface area contributed by atoms with Crippen LogP contribution in [0.4, 0.5) is 0 Å². The summed E-state index contributed by atoms with van der Waals surface area (Å²) in [6.45, 7) is 10.6. The third-order valence-electron chi connectivity index (χ3n) is 5.64. The molecule has 0 bridgehead atoms. The van der Waals surface area contributed by atoms with Crippen LogP contribution in [0.3, 0.4) is 0 Å². The average Bonchev–Trinajstić information content (AvgIpc) is 3.26. The Morgan fingerprint density at radius 3 is 2.93 bits per heavy atom. The van der Waals surface area contributed by atoms with Gasteiger partial charge in [0.05, 0.1) is 23.0 Å². The zero-order valence-corrected chi connectivity index (χ0v) is 18.1. The lowest BCUT2D eigenvalue weighted by atomic mass is 10.0. The van der Waals surface area contributed by atoms with Crippen LogP contribution in [0.2, 0.25) is 0 Å². The molecule has 3 aromatic heterocycles. The molecule has 0 saturated carbocycles. The number of carbonyl (C=O) groups excluding carboxylic acids is 1. The van der Waals surface area contributed by atoms with Crippen LogP contribution in [0.1, 0.15) is 62.0 Å². The zero-order valence-electron chi connectivity index (χ0n) is 17.3. The van der Waals surface area contributed by atoms with Gasteiger partial charge in [-0.3, -0.25) is 14.7 Å². The predicted octanol–water partition coefficient (Wildman–Crippen LogP) is 4.11. The van der Waals surface area contributed by atoms with Crippen molar-refractivity contribution in [3.63, 3.8) is 0 Å². The normalized spacial score (nSPS) is 15.2. The maximum atomic E-state index is 12.9. The summed E-state index contributed by atoms with van der Waals surface area (Å²) in [5.41, 5.74) is 6.12. The lowest BCUT2D eigenvalue weighted by molar-refractivity contribution is 0.0937. The largest absolute Gasteiger partial charge is 0.361 e. The highest BCUT2D eigenvalue weighted by molar-refractivity contribution is 7.10. The predicted molar refractivity (Wildman–Crippen MR) is 113 cm³/mol. The van der Waals surface area contributed by atoms with Crippen LogP contribution in [0.15, 0.2) is 28.2 Å². The minimum absolute atomic E-state index is 0.0146. The number of amides is 1. The number of hydrogen-bond acceptors (Lipinski definition) is 6. The second kappa shape index (κ2) is 8.08. The Hall–Kier alpha value is -2.51. The molecule has 4 rings (SSSR count). The highest BCUT2D eigenvalue weighted by Crippen LogP contribution is 2.30. The first-order valence-corrected chi connectivity index (χ1v) is 10.8. The van der Waals surface area contributed by atoms with E-state index in [0.29, 0.717) is 0 Å². The molecule has 1 atom stereocenters. The van der Waals surface area contributed by atoms with Gasteiger partial charge in [0.2, 0.25) is 0 Å². The number of aryl methyl sites for hydroxylation is 3. The molecular formula is C22H26N4O2S. The monoisotopic (exact) mass is 410 g/mol. The van der Waals surface area contributed by atoms with Crippen molar-refractivity contribution in [2.45, 2.75) is 53.2 Å². The van der Waals surface area contributed by atoms with Gasteiger partial charge in [-0.1, -0.05) is 11.2 Å². The Morgan fingerprint density at radius 1 is 1.38 bits per heavy atom. The van der Waals surface area contributed by atoms with Gasteiger partial charge >= 0.3 is 0 Å². The van der Waals surface area contributed by atoms with Gasteiger partial charge in [-0.25, -0.2) is 0 Å². The quantitative estimate of drug-likeness (QED) is 0.685. The van der Waals surface area contributed by atoms with E-state index in [0.717, 1.165) is 54.3 Å². The van der Waals surface area contributed by atoms with Gasteiger partial charge in [-0.15, -0.1) is 11.3 Å². The van der Waals surface area contributed by atoms with E-state index >= 15 is 0 Å². The van der Waals surface area contributed by atoms with E-state index < -0.39 is 0 Å². The first kappa shape index (κ1) is 19.8. The number of aromatic nitrogens is 2. The summed E-state index contributed by atoms with van der Waals surface area (Å²) in [5, 5.41) is 9.18. The van der Waals surface area contributed by atoms with Crippen molar-refractivity contribution in [3.05, 3.63) is 68.0 Å². The minimum atomic E-state index is -0.126. The molecule has 0 radical (unpaired) electrons. The third-order valence-corrected chi connectivity index (χ3v) is 6.65. The summed E-state index contributed by atoms with van der Waals surface area (Å²) in [6, 6.07) is 3.81. The summed E-state index contributed by atoms with van der Waals surface area (Å²) in [5.74, 6) is 0.873. The van der Waals surface area contributed by atoms with Crippen LogP contribution in [0, 0.1) is 20.8 Å². The second-order valence-electron chi connectivity index (χ2n) is 7.72. The van der Waals surface area contributed by atoms with Gasteiger partial charge in [0.15, 0.2) is 0 Å². The fraction of sp³-hybridized carbons (Fsp3) is 0.409. The number of thiophene rings is 1. The molecule has 0 unspecified atom stereocenters. The van der Waals surface area contributed by atoms with E-state index in [1.165, 1.54) is 16.0 Å². The Labute approximate surface area is 174 Å². The van der Waals surface area contributed by atoms with Gasteiger partial charge in [0.1, 0.15) is 5.76 Å². The average molecular weight is 411 g/mol. The number of carbonyl (C=O) groups is 1. The van der Waals surface area contributed by atoms with Crippen molar-refractivity contribution < 1.29 is 9.32 Å². The van der Waals surface area contributed by atoms with Crippen molar-refractivity contribution >= 4 is 17.2 Å². The number of pyridine rings is 1. The molecule has 29 heavy (non-hydrogen) atoms. The molecule has 4 heterocycles. The lowest BCUT2D eigenvalue weighted by Crippen LogP contribution is -2.32. The Balaban J connectivity index is 1.45. The Bertz CT molecular complexity index is 1020. The molecule has 0 saturated heterocycles. The van der Waals surface area contributed by atoms with Crippen LogP contribution < -0.4 is 5.32 Å². The van der Waals surface area contributed by atoms with E-state index in [4.69, 9.17) is 4.52 Å². The van der Waals surface area contributed by atoms with E-state index in [-0.39, 0.29) is 11.9 Å². The molecular weight excluding hydrogens is 384 g/mol. The molecule has 152 valence electrons. The van der Waals surface area contributed by atoms with Crippen molar-refractivity contribution in [2.75, 3.05) is 6.54 Å². The first-order valence-electron chi connectivity index (χ1n) is 9.89. The zero-order chi connectivity index (χ0) is 20.5. The van der Waals surface area contributed by atoms with Crippen LogP contribution in [0.25, 0.3) is 0 Å². The van der Waals surface area contributed by atoms with Crippen molar-refractivity contribution in [1.29, 1.82) is 0 Å². The fourth-order valence-corrected chi connectivity index (χ4v) is 5.07. The van der Waals surface area contributed by atoms with Gasteiger partial charge in [-0.05, 0) is 51.3 Å². The standard InChI is InChI=1S/C22H26N4O2S/c1-13-6-5-8-23-21(13)15(3)24-22(27)19-12-29-20-11-26(9-7-17(19)20)10-18-14(2)25-28-16(18)4/h5-6,8,12,15H,7,9-11H2,1-4H3,(H,24,27)/t15-/m0/s1. The Kier molecular flexibility index (Phi) is 5.52. The molecule has 0 fully saturated rings. The maximum Gasteiger partial charge on any atom is 0.252 e. The topological polar surface area (TPSA) is 71.3 Å². The summed E-state index contributed by atoms with van der Waals surface area (Å²) >= 11 is 1.67. The summed E-state index contributed by atoms with van der Waals surface area (Å²) < 4.78 is 5.29. The first-order chi connectivity index (χ1) is 13.9. The number of fused-ring (bicyclic) bond motifs is 1. The third kappa shape index (κ3) is 3.97.